The van der Waals surface area contributed by atoms with Gasteiger partial charge in [0.15, 0.2) is 0 Å². The number of rotatable bonds is 5. The van der Waals surface area contributed by atoms with Crippen LogP contribution in [0.2, 0.25) is 0 Å². The highest BCUT2D eigenvalue weighted by Crippen LogP contribution is 2.03. The third kappa shape index (κ3) is 3.82. The van der Waals surface area contributed by atoms with Crippen LogP contribution in [0.1, 0.15) is 25.1 Å². The summed E-state index contributed by atoms with van der Waals surface area (Å²) in [7, 11) is 1.81. The number of hydrogen-bond donors (Lipinski definition) is 1. The first kappa shape index (κ1) is 13.6. The summed E-state index contributed by atoms with van der Waals surface area (Å²) in [6.07, 6.45) is 1.77. The molecular weight excluding hydrogens is 214 g/mol. The van der Waals surface area contributed by atoms with Gasteiger partial charge in [0.2, 0.25) is 5.91 Å². The van der Waals surface area contributed by atoms with Crippen LogP contribution in [0.15, 0.2) is 18.3 Å². The molecule has 4 heteroatoms. The Hall–Kier alpha value is -1.42. The monoisotopic (exact) mass is 235 g/mol. The zero-order valence-electron chi connectivity index (χ0n) is 11.0. The molecule has 0 spiro atoms. The van der Waals surface area contributed by atoms with Gasteiger partial charge in [-0.15, -0.1) is 0 Å². The summed E-state index contributed by atoms with van der Waals surface area (Å²) in [6.45, 7) is 7.22. The fourth-order valence-corrected chi connectivity index (χ4v) is 1.53. The number of aromatic nitrogens is 1. The molecule has 1 amide bonds. The second-order valence-electron chi connectivity index (χ2n) is 4.22. The van der Waals surface area contributed by atoms with Crippen molar-refractivity contribution in [1.82, 2.24) is 15.2 Å². The van der Waals surface area contributed by atoms with Gasteiger partial charge in [-0.3, -0.25) is 9.78 Å². The fraction of sp³-hybridized carbons (Fsp3) is 0.538. The van der Waals surface area contributed by atoms with Crippen LogP contribution in [-0.4, -0.2) is 35.4 Å². The van der Waals surface area contributed by atoms with Gasteiger partial charge in [-0.25, -0.2) is 0 Å². The summed E-state index contributed by atoms with van der Waals surface area (Å²) >= 11 is 0. The van der Waals surface area contributed by atoms with Gasteiger partial charge in [-0.05, 0) is 32.4 Å². The van der Waals surface area contributed by atoms with Gasteiger partial charge in [-0.2, -0.15) is 0 Å². The van der Waals surface area contributed by atoms with Crippen LogP contribution in [0.3, 0.4) is 0 Å². The summed E-state index contributed by atoms with van der Waals surface area (Å²) in [5.74, 6) is 0.112. The molecule has 0 aliphatic carbocycles. The van der Waals surface area contributed by atoms with E-state index in [1.807, 2.05) is 40.0 Å². The van der Waals surface area contributed by atoms with Gasteiger partial charge in [0.25, 0.3) is 0 Å². The molecule has 1 aromatic rings. The zero-order valence-corrected chi connectivity index (χ0v) is 11.0. The van der Waals surface area contributed by atoms with Gasteiger partial charge in [0.1, 0.15) is 0 Å². The molecule has 0 radical (unpaired) electrons. The van der Waals surface area contributed by atoms with Crippen molar-refractivity contribution in [2.45, 2.75) is 33.4 Å². The molecule has 17 heavy (non-hydrogen) atoms. The predicted molar refractivity (Wildman–Crippen MR) is 68.6 cm³/mol. The van der Waals surface area contributed by atoms with Crippen LogP contribution in [0, 0.1) is 6.92 Å². The summed E-state index contributed by atoms with van der Waals surface area (Å²) in [4.78, 5) is 17.8. The Morgan fingerprint density at radius 2 is 2.29 bits per heavy atom. The van der Waals surface area contributed by atoms with E-state index in [1.54, 1.807) is 11.1 Å². The molecule has 0 aromatic carbocycles. The van der Waals surface area contributed by atoms with Crippen LogP contribution >= 0.6 is 0 Å². The number of pyridine rings is 1. The highest BCUT2D eigenvalue weighted by atomic mass is 16.2. The van der Waals surface area contributed by atoms with E-state index in [9.17, 15) is 4.79 Å². The van der Waals surface area contributed by atoms with E-state index in [0.29, 0.717) is 6.54 Å². The van der Waals surface area contributed by atoms with Crippen LogP contribution in [-0.2, 0) is 11.3 Å². The number of aryl methyl sites for hydroxylation is 1. The Morgan fingerprint density at radius 1 is 1.59 bits per heavy atom. The number of amides is 1. The van der Waals surface area contributed by atoms with Gasteiger partial charge in [-0.1, -0.05) is 6.07 Å². The Balaban J connectivity index is 2.51. The van der Waals surface area contributed by atoms with Gasteiger partial charge >= 0.3 is 0 Å². The largest absolute Gasteiger partial charge is 0.345 e. The Bertz CT molecular complexity index is 379. The fourth-order valence-electron chi connectivity index (χ4n) is 1.53. The summed E-state index contributed by atoms with van der Waals surface area (Å²) in [6, 6.07) is 3.76. The molecule has 0 fully saturated rings. The molecule has 1 unspecified atom stereocenters. The SMILES string of the molecule is CCN(C)C(=O)C(C)NCc1ncccc1C. The quantitative estimate of drug-likeness (QED) is 0.838. The Kier molecular flexibility index (Phi) is 5.10. The molecule has 1 N–H and O–H groups in total. The number of carbonyl (C=O) groups excluding carboxylic acids is 1. The molecule has 0 aliphatic heterocycles. The molecule has 94 valence electrons. The number of hydrogen-bond acceptors (Lipinski definition) is 3. The zero-order chi connectivity index (χ0) is 12.8. The minimum absolute atomic E-state index is 0.112. The van der Waals surface area contributed by atoms with E-state index in [-0.39, 0.29) is 11.9 Å². The molecule has 0 aliphatic rings. The molecule has 0 saturated heterocycles. The second-order valence-corrected chi connectivity index (χ2v) is 4.22. The van der Waals surface area contributed by atoms with Crippen LogP contribution in [0.4, 0.5) is 0 Å². The lowest BCUT2D eigenvalue weighted by Crippen LogP contribution is -2.42. The Labute approximate surface area is 103 Å². The first-order valence-electron chi connectivity index (χ1n) is 5.95. The van der Waals surface area contributed by atoms with E-state index in [4.69, 9.17) is 0 Å². The smallest absolute Gasteiger partial charge is 0.239 e. The molecule has 0 bridgehead atoms. The van der Waals surface area contributed by atoms with Crippen molar-refractivity contribution >= 4 is 5.91 Å². The van der Waals surface area contributed by atoms with Crippen LogP contribution < -0.4 is 5.32 Å². The average Bonchev–Trinajstić information content (AvgIpc) is 2.35. The first-order chi connectivity index (χ1) is 8.06. The number of carbonyl (C=O) groups is 1. The molecule has 1 aromatic heterocycles. The van der Waals surface area contributed by atoms with E-state index in [2.05, 4.69) is 10.3 Å². The molecular formula is C13H21N3O. The summed E-state index contributed by atoms with van der Waals surface area (Å²) in [5.41, 5.74) is 2.13. The van der Waals surface area contributed by atoms with Crippen LogP contribution in [0.25, 0.3) is 0 Å². The maximum absolute atomic E-state index is 11.8. The Morgan fingerprint density at radius 3 is 2.88 bits per heavy atom. The molecule has 1 rings (SSSR count). The predicted octanol–water partition coefficient (Wildman–Crippen LogP) is 1.35. The lowest BCUT2D eigenvalue weighted by atomic mass is 10.2. The molecule has 4 nitrogen and oxygen atoms in total. The van der Waals surface area contributed by atoms with E-state index >= 15 is 0 Å². The summed E-state index contributed by atoms with van der Waals surface area (Å²) in [5, 5.41) is 3.20. The maximum atomic E-state index is 11.8. The van der Waals surface area contributed by atoms with Crippen molar-refractivity contribution < 1.29 is 4.79 Å². The van der Waals surface area contributed by atoms with E-state index in [1.165, 1.54) is 0 Å². The maximum Gasteiger partial charge on any atom is 0.239 e. The van der Waals surface area contributed by atoms with Crippen molar-refractivity contribution in [2.24, 2.45) is 0 Å². The van der Waals surface area contributed by atoms with Gasteiger partial charge in [0.05, 0.1) is 11.7 Å². The minimum Gasteiger partial charge on any atom is -0.345 e. The third-order valence-electron chi connectivity index (χ3n) is 2.91. The van der Waals surface area contributed by atoms with Crippen molar-refractivity contribution in [1.29, 1.82) is 0 Å². The highest BCUT2D eigenvalue weighted by Gasteiger charge is 2.15. The number of likely N-dealkylation sites (N-methyl/N-ethyl adjacent to an activating group) is 1. The van der Waals surface area contributed by atoms with Crippen molar-refractivity contribution in [2.75, 3.05) is 13.6 Å². The summed E-state index contributed by atoms with van der Waals surface area (Å²) < 4.78 is 0. The van der Waals surface area contributed by atoms with E-state index in [0.717, 1.165) is 17.8 Å². The van der Waals surface area contributed by atoms with Crippen LogP contribution in [0.5, 0.6) is 0 Å². The lowest BCUT2D eigenvalue weighted by molar-refractivity contribution is -0.131. The van der Waals surface area contributed by atoms with Crippen molar-refractivity contribution in [3.05, 3.63) is 29.6 Å². The number of nitrogens with one attached hydrogen (secondary N) is 1. The minimum atomic E-state index is -0.179. The van der Waals surface area contributed by atoms with Gasteiger partial charge in [0, 0.05) is 26.3 Å². The highest BCUT2D eigenvalue weighted by molar-refractivity contribution is 5.81. The molecule has 1 heterocycles. The molecule has 0 saturated carbocycles. The lowest BCUT2D eigenvalue weighted by Gasteiger charge is -2.20. The molecule has 1 atom stereocenters. The van der Waals surface area contributed by atoms with Crippen molar-refractivity contribution in [3.63, 3.8) is 0 Å². The van der Waals surface area contributed by atoms with E-state index < -0.39 is 0 Å². The topological polar surface area (TPSA) is 45.2 Å². The second kappa shape index (κ2) is 6.35. The standard InChI is InChI=1S/C13H21N3O/c1-5-16(4)13(17)11(3)15-9-12-10(2)7-6-8-14-12/h6-8,11,15H,5,9H2,1-4H3. The average molecular weight is 235 g/mol. The third-order valence-corrected chi connectivity index (χ3v) is 2.91. The number of nitrogens with zero attached hydrogens (tertiary/aromatic N) is 2. The normalized spacial score (nSPS) is 12.2. The first-order valence-corrected chi connectivity index (χ1v) is 5.95. The van der Waals surface area contributed by atoms with Gasteiger partial charge < -0.3 is 10.2 Å². The van der Waals surface area contributed by atoms with Crippen molar-refractivity contribution in [3.8, 4) is 0 Å².